The molecule has 2 heterocycles. The largest absolute Gasteiger partial charge is 0.497 e. The summed E-state index contributed by atoms with van der Waals surface area (Å²) in [4.78, 5) is 18.5. The van der Waals surface area contributed by atoms with Crippen LogP contribution < -0.4 is 15.0 Å². The van der Waals surface area contributed by atoms with Gasteiger partial charge in [-0.05, 0) is 18.6 Å². The molecule has 1 amide bonds. The van der Waals surface area contributed by atoms with E-state index in [1.54, 1.807) is 25.3 Å². The van der Waals surface area contributed by atoms with Crippen LogP contribution in [0.5, 0.6) is 5.75 Å². The van der Waals surface area contributed by atoms with Crippen molar-refractivity contribution in [3.8, 4) is 5.75 Å². The Labute approximate surface area is 123 Å². The van der Waals surface area contributed by atoms with Crippen molar-refractivity contribution in [3.63, 3.8) is 0 Å². The highest BCUT2D eigenvalue weighted by molar-refractivity contribution is 6.04. The maximum absolute atomic E-state index is 12.5. The molecular weight excluding hydrogens is 268 g/mol. The van der Waals surface area contributed by atoms with E-state index < -0.39 is 0 Å². The topological polar surface area (TPSA) is 59.4 Å². The van der Waals surface area contributed by atoms with Gasteiger partial charge in [0.2, 0.25) is 5.95 Å². The summed E-state index contributed by atoms with van der Waals surface area (Å²) in [6.07, 6.45) is 2.85. The summed E-state index contributed by atoms with van der Waals surface area (Å²) in [5, 5.41) is 3.20. The van der Waals surface area contributed by atoms with Gasteiger partial charge in [0.15, 0.2) is 0 Å². The second-order valence-electron chi connectivity index (χ2n) is 4.99. The molecule has 6 nitrogen and oxygen atoms in total. The Bertz CT molecular complexity index is 642. The number of hydrogen-bond acceptors (Lipinski definition) is 4. The monoisotopic (exact) mass is 286 g/mol. The molecule has 0 atom stereocenters. The van der Waals surface area contributed by atoms with Crippen LogP contribution in [0.2, 0.25) is 0 Å². The molecule has 0 aliphatic carbocycles. The molecule has 0 fully saturated rings. The second-order valence-corrected chi connectivity index (χ2v) is 4.99. The van der Waals surface area contributed by atoms with Crippen molar-refractivity contribution in [2.75, 3.05) is 30.9 Å². The lowest BCUT2D eigenvalue weighted by Gasteiger charge is -2.16. The molecule has 0 saturated heterocycles. The fraction of sp³-hybridized carbons (Fsp3) is 0.333. The molecule has 0 saturated carbocycles. The molecule has 21 heavy (non-hydrogen) atoms. The van der Waals surface area contributed by atoms with Crippen LogP contribution in [0.15, 0.2) is 30.5 Å². The quantitative estimate of drug-likeness (QED) is 0.937. The summed E-state index contributed by atoms with van der Waals surface area (Å²) in [7, 11) is 3.35. The van der Waals surface area contributed by atoms with Crippen LogP contribution in [0.1, 0.15) is 16.9 Å². The Morgan fingerprint density at radius 2 is 2.33 bits per heavy atom. The third-order valence-electron chi connectivity index (χ3n) is 3.60. The zero-order chi connectivity index (χ0) is 14.8. The molecule has 1 aromatic carbocycles. The SMILES string of the molecule is COc1cccc(N(C)C(=O)c2cn3c(n2)NCCC3)c1. The zero-order valence-electron chi connectivity index (χ0n) is 12.2. The van der Waals surface area contributed by atoms with Crippen molar-refractivity contribution in [1.29, 1.82) is 0 Å². The van der Waals surface area contributed by atoms with Gasteiger partial charge in [-0.1, -0.05) is 6.07 Å². The number of aryl methyl sites for hydroxylation is 1. The first-order chi connectivity index (χ1) is 10.2. The standard InChI is InChI=1S/C15H18N4O2/c1-18(11-5-3-6-12(9-11)21-2)14(20)13-10-19-8-4-7-16-15(19)17-13/h3,5-6,9-10H,4,7-8H2,1-2H3,(H,16,17). The lowest BCUT2D eigenvalue weighted by molar-refractivity contribution is 0.0988. The van der Waals surface area contributed by atoms with Gasteiger partial charge in [-0.15, -0.1) is 0 Å². The number of amides is 1. The Morgan fingerprint density at radius 3 is 3.10 bits per heavy atom. The third-order valence-corrected chi connectivity index (χ3v) is 3.60. The highest BCUT2D eigenvalue weighted by Crippen LogP contribution is 2.22. The van der Waals surface area contributed by atoms with E-state index in [1.165, 1.54) is 0 Å². The first kappa shape index (κ1) is 13.5. The number of imidazole rings is 1. The van der Waals surface area contributed by atoms with Gasteiger partial charge in [-0.25, -0.2) is 4.98 Å². The maximum atomic E-state index is 12.5. The second kappa shape index (κ2) is 5.47. The van der Waals surface area contributed by atoms with Crippen LogP contribution in [0.25, 0.3) is 0 Å². The molecule has 1 aliphatic rings. The molecule has 0 bridgehead atoms. The van der Waals surface area contributed by atoms with Crippen LogP contribution in [-0.2, 0) is 6.54 Å². The van der Waals surface area contributed by atoms with E-state index in [9.17, 15) is 4.79 Å². The number of rotatable bonds is 3. The molecule has 0 spiro atoms. The number of anilines is 2. The molecular formula is C15H18N4O2. The number of hydrogen-bond donors (Lipinski definition) is 1. The van der Waals surface area contributed by atoms with Crippen molar-refractivity contribution >= 4 is 17.5 Å². The summed E-state index contributed by atoms with van der Waals surface area (Å²) >= 11 is 0. The third kappa shape index (κ3) is 2.56. The van der Waals surface area contributed by atoms with Crippen LogP contribution in [0.3, 0.4) is 0 Å². The smallest absolute Gasteiger partial charge is 0.278 e. The molecule has 0 unspecified atom stereocenters. The Balaban J connectivity index is 1.85. The van der Waals surface area contributed by atoms with E-state index in [1.807, 2.05) is 28.8 Å². The first-order valence-electron chi connectivity index (χ1n) is 6.92. The van der Waals surface area contributed by atoms with Gasteiger partial charge in [0.05, 0.1) is 7.11 Å². The van der Waals surface area contributed by atoms with Gasteiger partial charge in [0, 0.05) is 38.1 Å². The number of carbonyl (C=O) groups is 1. The highest BCUT2D eigenvalue weighted by atomic mass is 16.5. The molecule has 0 radical (unpaired) electrons. The molecule has 110 valence electrons. The first-order valence-corrected chi connectivity index (χ1v) is 6.92. The van der Waals surface area contributed by atoms with E-state index in [0.717, 1.165) is 36.9 Å². The number of aromatic nitrogens is 2. The van der Waals surface area contributed by atoms with E-state index in [0.29, 0.717) is 5.69 Å². The molecule has 1 aromatic heterocycles. The van der Waals surface area contributed by atoms with Crippen LogP contribution in [0.4, 0.5) is 11.6 Å². The summed E-state index contributed by atoms with van der Waals surface area (Å²) in [6.45, 7) is 1.79. The van der Waals surface area contributed by atoms with Crippen molar-refractivity contribution in [2.24, 2.45) is 0 Å². The number of benzene rings is 1. The molecule has 6 heteroatoms. The fourth-order valence-electron chi connectivity index (χ4n) is 2.39. The average molecular weight is 286 g/mol. The van der Waals surface area contributed by atoms with E-state index in [4.69, 9.17) is 4.74 Å². The summed E-state index contributed by atoms with van der Waals surface area (Å²) in [6, 6.07) is 7.40. The number of nitrogens with one attached hydrogen (secondary N) is 1. The molecule has 1 N–H and O–H groups in total. The highest BCUT2D eigenvalue weighted by Gasteiger charge is 2.20. The molecule has 1 aliphatic heterocycles. The minimum atomic E-state index is -0.132. The van der Waals surface area contributed by atoms with E-state index in [2.05, 4.69) is 10.3 Å². The molecule has 2 aromatic rings. The van der Waals surface area contributed by atoms with E-state index >= 15 is 0 Å². The number of carbonyl (C=O) groups excluding carboxylic acids is 1. The van der Waals surface area contributed by atoms with Gasteiger partial charge in [0.25, 0.3) is 5.91 Å². The van der Waals surface area contributed by atoms with Crippen molar-refractivity contribution in [2.45, 2.75) is 13.0 Å². The van der Waals surface area contributed by atoms with Gasteiger partial charge < -0.3 is 19.5 Å². The molecule has 3 rings (SSSR count). The fourth-order valence-corrected chi connectivity index (χ4v) is 2.39. The van der Waals surface area contributed by atoms with Crippen LogP contribution >= 0.6 is 0 Å². The number of fused-ring (bicyclic) bond motifs is 1. The lowest BCUT2D eigenvalue weighted by Crippen LogP contribution is -2.26. The zero-order valence-corrected chi connectivity index (χ0v) is 12.2. The van der Waals surface area contributed by atoms with E-state index in [-0.39, 0.29) is 5.91 Å². The lowest BCUT2D eigenvalue weighted by atomic mass is 10.2. The van der Waals surface area contributed by atoms with Gasteiger partial charge >= 0.3 is 0 Å². The average Bonchev–Trinajstić information content (AvgIpc) is 2.97. The van der Waals surface area contributed by atoms with Crippen molar-refractivity contribution < 1.29 is 9.53 Å². The van der Waals surface area contributed by atoms with Gasteiger partial charge in [0.1, 0.15) is 11.4 Å². The number of nitrogens with zero attached hydrogens (tertiary/aromatic N) is 3. The Kier molecular flexibility index (Phi) is 3.51. The minimum absolute atomic E-state index is 0.132. The van der Waals surface area contributed by atoms with Gasteiger partial charge in [-0.2, -0.15) is 0 Å². The summed E-state index contributed by atoms with van der Waals surface area (Å²) in [5.41, 5.74) is 1.23. The van der Waals surface area contributed by atoms with Gasteiger partial charge in [-0.3, -0.25) is 4.79 Å². The van der Waals surface area contributed by atoms with Crippen molar-refractivity contribution in [3.05, 3.63) is 36.2 Å². The summed E-state index contributed by atoms with van der Waals surface area (Å²) in [5.74, 6) is 1.36. The normalized spacial score (nSPS) is 13.2. The summed E-state index contributed by atoms with van der Waals surface area (Å²) < 4.78 is 7.17. The van der Waals surface area contributed by atoms with Crippen LogP contribution in [0, 0.1) is 0 Å². The Hall–Kier alpha value is -2.50. The Morgan fingerprint density at radius 1 is 1.48 bits per heavy atom. The predicted octanol–water partition coefficient (Wildman–Crippen LogP) is 1.98. The van der Waals surface area contributed by atoms with Crippen LogP contribution in [-0.4, -0.2) is 36.2 Å². The maximum Gasteiger partial charge on any atom is 0.278 e. The number of methoxy groups -OCH3 is 1. The predicted molar refractivity (Wildman–Crippen MR) is 81.1 cm³/mol. The van der Waals surface area contributed by atoms with Crippen molar-refractivity contribution in [1.82, 2.24) is 9.55 Å². The number of ether oxygens (including phenoxy) is 1. The minimum Gasteiger partial charge on any atom is -0.497 e.